The Morgan fingerprint density at radius 2 is 1.75 bits per heavy atom. The van der Waals surface area contributed by atoms with Crippen molar-refractivity contribution in [2.75, 3.05) is 0 Å². The van der Waals surface area contributed by atoms with E-state index >= 15 is 0 Å². The number of carbonyl (C=O) groups is 1. The van der Waals surface area contributed by atoms with Crippen LogP contribution < -0.4 is 0 Å². The molecule has 1 fully saturated rings. The van der Waals surface area contributed by atoms with Crippen molar-refractivity contribution in [3.63, 3.8) is 0 Å². The Labute approximate surface area is 145 Å². The standard InChI is InChI=1S/C19H18N2O2S/c1-13(2)21-18(23)17(12-14-8-6-7-11-16(14)22)24-19(21)20-15-9-4-3-5-10-15/h3-13,22H,1-2H3/b17-12-,20-19?. The molecule has 0 saturated carbocycles. The Bertz CT molecular complexity index is 813. The van der Waals surface area contributed by atoms with Gasteiger partial charge in [0, 0.05) is 11.6 Å². The smallest absolute Gasteiger partial charge is 0.266 e. The molecular weight excluding hydrogens is 320 g/mol. The second-order valence-corrected chi connectivity index (χ2v) is 6.68. The van der Waals surface area contributed by atoms with Gasteiger partial charge in [-0.1, -0.05) is 36.4 Å². The average molecular weight is 338 g/mol. The first-order chi connectivity index (χ1) is 11.6. The third-order valence-corrected chi connectivity index (χ3v) is 4.54. The summed E-state index contributed by atoms with van der Waals surface area (Å²) < 4.78 is 0. The van der Waals surface area contributed by atoms with Gasteiger partial charge in [-0.25, -0.2) is 4.99 Å². The molecular formula is C19H18N2O2S. The van der Waals surface area contributed by atoms with Crippen LogP contribution in [-0.4, -0.2) is 27.1 Å². The van der Waals surface area contributed by atoms with Crippen LogP contribution in [0.5, 0.6) is 5.75 Å². The fourth-order valence-corrected chi connectivity index (χ4v) is 3.50. The molecule has 1 saturated heterocycles. The van der Waals surface area contributed by atoms with Gasteiger partial charge in [0.25, 0.3) is 5.91 Å². The molecule has 1 heterocycles. The Morgan fingerprint density at radius 1 is 1.08 bits per heavy atom. The van der Waals surface area contributed by atoms with E-state index in [4.69, 9.17) is 0 Å². The molecule has 1 amide bonds. The lowest BCUT2D eigenvalue weighted by Crippen LogP contribution is -2.35. The lowest BCUT2D eigenvalue weighted by atomic mass is 10.2. The number of para-hydroxylation sites is 2. The molecule has 0 bridgehead atoms. The molecule has 2 aromatic rings. The van der Waals surface area contributed by atoms with Crippen LogP contribution in [0.3, 0.4) is 0 Å². The summed E-state index contributed by atoms with van der Waals surface area (Å²) in [6.07, 6.45) is 1.71. The maximum atomic E-state index is 12.7. The Kier molecular flexibility index (Phi) is 4.71. The number of aliphatic imine (C=N–C) groups is 1. The van der Waals surface area contributed by atoms with Crippen molar-refractivity contribution < 1.29 is 9.90 Å². The molecule has 2 aromatic carbocycles. The maximum absolute atomic E-state index is 12.7. The highest BCUT2D eigenvalue weighted by Crippen LogP contribution is 2.36. The van der Waals surface area contributed by atoms with Gasteiger partial charge in [-0.15, -0.1) is 0 Å². The number of aromatic hydroxyl groups is 1. The number of carbonyl (C=O) groups excluding carboxylic acids is 1. The fourth-order valence-electron chi connectivity index (χ4n) is 2.38. The Balaban J connectivity index is 1.99. The molecule has 5 heteroatoms. The third-order valence-electron chi connectivity index (χ3n) is 3.56. The molecule has 0 atom stereocenters. The quantitative estimate of drug-likeness (QED) is 0.844. The number of amides is 1. The zero-order chi connectivity index (χ0) is 17.1. The largest absolute Gasteiger partial charge is 0.507 e. The van der Waals surface area contributed by atoms with E-state index < -0.39 is 0 Å². The first kappa shape index (κ1) is 16.3. The Morgan fingerprint density at radius 3 is 2.42 bits per heavy atom. The summed E-state index contributed by atoms with van der Waals surface area (Å²) in [5.41, 5.74) is 1.43. The van der Waals surface area contributed by atoms with Gasteiger partial charge in [0.15, 0.2) is 5.17 Å². The second kappa shape index (κ2) is 6.93. The second-order valence-electron chi connectivity index (χ2n) is 5.67. The molecule has 4 nitrogen and oxygen atoms in total. The minimum atomic E-state index is -0.0899. The molecule has 1 aliphatic heterocycles. The minimum Gasteiger partial charge on any atom is -0.507 e. The summed E-state index contributed by atoms with van der Waals surface area (Å²) in [7, 11) is 0. The third kappa shape index (κ3) is 3.36. The van der Waals surface area contributed by atoms with E-state index in [0.29, 0.717) is 15.6 Å². The van der Waals surface area contributed by atoms with Crippen LogP contribution in [0.15, 0.2) is 64.5 Å². The number of hydrogen-bond acceptors (Lipinski definition) is 4. The molecule has 0 spiro atoms. The van der Waals surface area contributed by atoms with E-state index in [1.54, 1.807) is 29.2 Å². The SMILES string of the molecule is CC(C)N1C(=O)/C(=C/c2ccccc2O)SC1=Nc1ccccc1. The summed E-state index contributed by atoms with van der Waals surface area (Å²) in [6.45, 7) is 3.92. The van der Waals surface area contributed by atoms with Crippen LogP contribution in [0.1, 0.15) is 19.4 Å². The number of thioether (sulfide) groups is 1. The predicted octanol–water partition coefficient (Wildman–Crippen LogP) is 4.40. The number of phenolic OH excluding ortho intramolecular Hbond substituents is 1. The van der Waals surface area contributed by atoms with Crippen molar-refractivity contribution in [1.29, 1.82) is 0 Å². The van der Waals surface area contributed by atoms with Gasteiger partial charge in [0.2, 0.25) is 0 Å². The highest BCUT2D eigenvalue weighted by atomic mass is 32.2. The highest BCUT2D eigenvalue weighted by molar-refractivity contribution is 8.18. The first-order valence-corrected chi connectivity index (χ1v) is 8.53. The van der Waals surface area contributed by atoms with Gasteiger partial charge in [0.1, 0.15) is 5.75 Å². The van der Waals surface area contributed by atoms with E-state index in [9.17, 15) is 9.90 Å². The number of nitrogens with zero attached hydrogens (tertiary/aromatic N) is 2. The Hall–Kier alpha value is -2.53. The van der Waals surface area contributed by atoms with Crippen molar-refractivity contribution in [3.8, 4) is 5.75 Å². The van der Waals surface area contributed by atoms with Gasteiger partial charge >= 0.3 is 0 Å². The molecule has 122 valence electrons. The molecule has 0 radical (unpaired) electrons. The summed E-state index contributed by atoms with van der Waals surface area (Å²) in [6, 6.07) is 16.5. The van der Waals surface area contributed by atoms with Crippen molar-refractivity contribution in [2.24, 2.45) is 4.99 Å². The zero-order valence-electron chi connectivity index (χ0n) is 13.5. The first-order valence-electron chi connectivity index (χ1n) is 7.71. The predicted molar refractivity (Wildman–Crippen MR) is 99.2 cm³/mol. The van der Waals surface area contributed by atoms with Crippen LogP contribution >= 0.6 is 11.8 Å². The lowest BCUT2D eigenvalue weighted by Gasteiger charge is -2.19. The summed E-state index contributed by atoms with van der Waals surface area (Å²) in [4.78, 5) is 19.6. The summed E-state index contributed by atoms with van der Waals surface area (Å²) in [5, 5.41) is 10.6. The minimum absolute atomic E-state index is 0.00253. The van der Waals surface area contributed by atoms with Gasteiger partial charge < -0.3 is 5.11 Å². The highest BCUT2D eigenvalue weighted by Gasteiger charge is 2.35. The fraction of sp³-hybridized carbons (Fsp3) is 0.158. The molecule has 1 N–H and O–H groups in total. The molecule has 0 aliphatic carbocycles. The number of benzene rings is 2. The van der Waals surface area contributed by atoms with Crippen LogP contribution in [0, 0.1) is 0 Å². The van der Waals surface area contributed by atoms with E-state index in [1.807, 2.05) is 50.2 Å². The van der Waals surface area contributed by atoms with Crippen molar-refractivity contribution in [2.45, 2.75) is 19.9 Å². The molecule has 0 aromatic heterocycles. The maximum Gasteiger partial charge on any atom is 0.266 e. The number of phenols is 1. The van der Waals surface area contributed by atoms with E-state index in [-0.39, 0.29) is 17.7 Å². The summed E-state index contributed by atoms with van der Waals surface area (Å²) >= 11 is 1.33. The van der Waals surface area contributed by atoms with Crippen LogP contribution in [-0.2, 0) is 4.79 Å². The molecule has 0 unspecified atom stereocenters. The van der Waals surface area contributed by atoms with E-state index in [2.05, 4.69) is 4.99 Å². The van der Waals surface area contributed by atoms with E-state index in [0.717, 1.165) is 5.69 Å². The van der Waals surface area contributed by atoms with E-state index in [1.165, 1.54) is 11.8 Å². The van der Waals surface area contributed by atoms with Crippen LogP contribution in [0.2, 0.25) is 0 Å². The van der Waals surface area contributed by atoms with Gasteiger partial charge in [-0.2, -0.15) is 0 Å². The van der Waals surface area contributed by atoms with Crippen LogP contribution in [0.4, 0.5) is 5.69 Å². The number of amidine groups is 1. The zero-order valence-corrected chi connectivity index (χ0v) is 14.3. The van der Waals surface area contributed by atoms with Crippen LogP contribution in [0.25, 0.3) is 6.08 Å². The molecule has 3 rings (SSSR count). The number of rotatable bonds is 3. The monoisotopic (exact) mass is 338 g/mol. The average Bonchev–Trinajstić information content (AvgIpc) is 2.86. The molecule has 1 aliphatic rings. The van der Waals surface area contributed by atoms with Gasteiger partial charge in [0.05, 0.1) is 10.6 Å². The van der Waals surface area contributed by atoms with Crippen molar-refractivity contribution in [1.82, 2.24) is 4.90 Å². The normalized spacial score (nSPS) is 18.1. The lowest BCUT2D eigenvalue weighted by molar-refractivity contribution is -0.123. The van der Waals surface area contributed by atoms with Gasteiger partial charge in [-0.3, -0.25) is 9.69 Å². The van der Waals surface area contributed by atoms with Crippen molar-refractivity contribution in [3.05, 3.63) is 65.1 Å². The topological polar surface area (TPSA) is 52.9 Å². The molecule has 24 heavy (non-hydrogen) atoms. The number of hydrogen-bond donors (Lipinski definition) is 1. The summed E-state index contributed by atoms with van der Waals surface area (Å²) in [5.74, 6) is 0.0656. The van der Waals surface area contributed by atoms with Gasteiger partial charge in [-0.05, 0) is 49.9 Å². The van der Waals surface area contributed by atoms with Crippen molar-refractivity contribution >= 4 is 34.6 Å².